The van der Waals surface area contributed by atoms with E-state index in [0.717, 1.165) is 17.7 Å². The molecule has 0 heterocycles. The zero-order chi connectivity index (χ0) is 13.9. The SMILES string of the molecule is Cc1cc(C)cc(NS(=O)(=O)CCCNC2CC2)c1. The van der Waals surface area contributed by atoms with Gasteiger partial charge in [-0.1, -0.05) is 6.07 Å². The van der Waals surface area contributed by atoms with E-state index in [2.05, 4.69) is 10.0 Å². The van der Waals surface area contributed by atoms with Crippen molar-refractivity contribution in [3.05, 3.63) is 29.3 Å². The fourth-order valence-corrected chi connectivity index (χ4v) is 3.22. The Morgan fingerprint density at radius 2 is 1.79 bits per heavy atom. The van der Waals surface area contributed by atoms with Gasteiger partial charge in [0.05, 0.1) is 5.75 Å². The molecule has 0 atom stereocenters. The molecule has 4 nitrogen and oxygen atoms in total. The third kappa shape index (κ3) is 5.20. The van der Waals surface area contributed by atoms with E-state index in [1.807, 2.05) is 32.0 Å². The second kappa shape index (κ2) is 5.92. The summed E-state index contributed by atoms with van der Waals surface area (Å²) >= 11 is 0. The first kappa shape index (κ1) is 14.3. The molecule has 0 spiro atoms. The molecule has 0 saturated heterocycles. The number of nitrogens with one attached hydrogen (secondary N) is 2. The van der Waals surface area contributed by atoms with Crippen molar-refractivity contribution in [2.24, 2.45) is 0 Å². The Morgan fingerprint density at radius 3 is 2.37 bits per heavy atom. The highest BCUT2D eigenvalue weighted by Crippen LogP contribution is 2.18. The number of aryl methyl sites for hydroxylation is 2. The van der Waals surface area contributed by atoms with Gasteiger partial charge in [0.2, 0.25) is 10.0 Å². The van der Waals surface area contributed by atoms with Gasteiger partial charge < -0.3 is 5.32 Å². The molecule has 5 heteroatoms. The van der Waals surface area contributed by atoms with Gasteiger partial charge in [0, 0.05) is 11.7 Å². The Kier molecular flexibility index (Phi) is 4.47. The van der Waals surface area contributed by atoms with Crippen LogP contribution in [0.1, 0.15) is 30.4 Å². The van der Waals surface area contributed by atoms with Crippen LogP contribution in [0.15, 0.2) is 18.2 Å². The molecule has 0 radical (unpaired) electrons. The summed E-state index contributed by atoms with van der Waals surface area (Å²) in [5.74, 6) is 0.166. The van der Waals surface area contributed by atoms with Gasteiger partial charge in [-0.3, -0.25) is 4.72 Å². The Hall–Kier alpha value is -1.07. The molecule has 1 fully saturated rings. The maximum Gasteiger partial charge on any atom is 0.232 e. The fourth-order valence-electron chi connectivity index (χ4n) is 2.12. The Labute approximate surface area is 115 Å². The van der Waals surface area contributed by atoms with Crippen LogP contribution in [0.4, 0.5) is 5.69 Å². The molecule has 19 heavy (non-hydrogen) atoms. The van der Waals surface area contributed by atoms with Gasteiger partial charge in [-0.05, 0) is 62.9 Å². The monoisotopic (exact) mass is 282 g/mol. The molecule has 2 rings (SSSR count). The van der Waals surface area contributed by atoms with Gasteiger partial charge in [0.15, 0.2) is 0 Å². The number of anilines is 1. The number of benzene rings is 1. The van der Waals surface area contributed by atoms with Crippen LogP contribution in [0, 0.1) is 13.8 Å². The summed E-state index contributed by atoms with van der Waals surface area (Å²) in [6.07, 6.45) is 3.11. The molecule has 0 aliphatic heterocycles. The normalized spacial score (nSPS) is 15.5. The summed E-state index contributed by atoms with van der Waals surface area (Å²) < 4.78 is 26.5. The maximum atomic E-state index is 11.9. The van der Waals surface area contributed by atoms with Gasteiger partial charge in [-0.15, -0.1) is 0 Å². The molecule has 106 valence electrons. The molecule has 1 aliphatic rings. The molecule has 1 aromatic rings. The lowest BCUT2D eigenvalue weighted by Gasteiger charge is -2.10. The first-order valence-electron chi connectivity index (χ1n) is 6.77. The molecule has 0 aromatic heterocycles. The lowest BCUT2D eigenvalue weighted by Crippen LogP contribution is -2.23. The van der Waals surface area contributed by atoms with E-state index in [0.29, 0.717) is 18.2 Å². The number of rotatable bonds is 7. The summed E-state index contributed by atoms with van der Waals surface area (Å²) in [4.78, 5) is 0. The first-order valence-corrected chi connectivity index (χ1v) is 8.42. The molecule has 1 aliphatic carbocycles. The minimum Gasteiger partial charge on any atom is -0.314 e. The van der Waals surface area contributed by atoms with E-state index in [1.54, 1.807) is 0 Å². The topological polar surface area (TPSA) is 58.2 Å². The fraction of sp³-hybridized carbons (Fsp3) is 0.571. The summed E-state index contributed by atoms with van der Waals surface area (Å²) in [7, 11) is -3.24. The van der Waals surface area contributed by atoms with Crippen molar-refractivity contribution in [3.63, 3.8) is 0 Å². The maximum absolute atomic E-state index is 11.9. The molecule has 1 saturated carbocycles. The van der Waals surface area contributed by atoms with Crippen molar-refractivity contribution in [2.45, 2.75) is 39.2 Å². The Balaban J connectivity index is 1.84. The van der Waals surface area contributed by atoms with E-state index in [1.165, 1.54) is 12.8 Å². The van der Waals surface area contributed by atoms with Crippen LogP contribution < -0.4 is 10.0 Å². The van der Waals surface area contributed by atoms with Gasteiger partial charge in [-0.2, -0.15) is 0 Å². The minimum atomic E-state index is -3.24. The standard InChI is InChI=1S/C14H22N2O2S/c1-11-8-12(2)10-14(9-11)16-19(17,18)7-3-6-15-13-4-5-13/h8-10,13,15-16H,3-7H2,1-2H3. The van der Waals surface area contributed by atoms with E-state index < -0.39 is 10.0 Å². The van der Waals surface area contributed by atoms with Gasteiger partial charge in [-0.25, -0.2) is 8.42 Å². The molecule has 1 aromatic carbocycles. The van der Waals surface area contributed by atoms with Crippen LogP contribution in [0.2, 0.25) is 0 Å². The van der Waals surface area contributed by atoms with E-state index in [4.69, 9.17) is 0 Å². The second-order valence-electron chi connectivity index (χ2n) is 5.38. The van der Waals surface area contributed by atoms with Crippen LogP contribution in [0.25, 0.3) is 0 Å². The van der Waals surface area contributed by atoms with Crippen LogP contribution in [-0.2, 0) is 10.0 Å². The van der Waals surface area contributed by atoms with Gasteiger partial charge in [0.25, 0.3) is 0 Å². The van der Waals surface area contributed by atoms with E-state index in [-0.39, 0.29) is 5.75 Å². The van der Waals surface area contributed by atoms with Gasteiger partial charge in [0.1, 0.15) is 0 Å². The predicted octanol–water partition coefficient (Wildman–Crippen LogP) is 2.19. The predicted molar refractivity (Wildman–Crippen MR) is 79.0 cm³/mol. The molecule has 0 bridgehead atoms. The number of sulfonamides is 1. The van der Waals surface area contributed by atoms with Crippen LogP contribution in [0.5, 0.6) is 0 Å². The molecular weight excluding hydrogens is 260 g/mol. The quantitative estimate of drug-likeness (QED) is 0.754. The summed E-state index contributed by atoms with van der Waals surface area (Å²) in [6.45, 7) is 4.70. The highest BCUT2D eigenvalue weighted by molar-refractivity contribution is 7.92. The highest BCUT2D eigenvalue weighted by Gasteiger charge is 2.20. The third-order valence-electron chi connectivity index (χ3n) is 3.10. The van der Waals surface area contributed by atoms with E-state index >= 15 is 0 Å². The zero-order valence-electron chi connectivity index (χ0n) is 11.6. The summed E-state index contributed by atoms with van der Waals surface area (Å²) in [5.41, 5.74) is 2.79. The van der Waals surface area contributed by atoms with Crippen LogP contribution in [0.3, 0.4) is 0 Å². The number of hydrogen-bond donors (Lipinski definition) is 2. The van der Waals surface area contributed by atoms with Crippen molar-refractivity contribution in [2.75, 3.05) is 17.0 Å². The first-order chi connectivity index (χ1) is 8.94. The van der Waals surface area contributed by atoms with E-state index in [9.17, 15) is 8.42 Å². The van der Waals surface area contributed by atoms with Crippen LogP contribution in [-0.4, -0.2) is 26.8 Å². The van der Waals surface area contributed by atoms with Crippen molar-refractivity contribution in [1.82, 2.24) is 5.32 Å². The molecular formula is C14H22N2O2S. The summed E-state index contributed by atoms with van der Waals surface area (Å²) in [5, 5.41) is 3.32. The molecule has 0 amide bonds. The number of hydrogen-bond acceptors (Lipinski definition) is 3. The van der Waals surface area contributed by atoms with Crippen molar-refractivity contribution in [1.29, 1.82) is 0 Å². The van der Waals surface area contributed by atoms with Crippen molar-refractivity contribution >= 4 is 15.7 Å². The van der Waals surface area contributed by atoms with Crippen molar-refractivity contribution < 1.29 is 8.42 Å². The minimum absolute atomic E-state index is 0.166. The van der Waals surface area contributed by atoms with Gasteiger partial charge >= 0.3 is 0 Å². The molecule has 2 N–H and O–H groups in total. The average molecular weight is 282 g/mol. The van der Waals surface area contributed by atoms with Crippen molar-refractivity contribution in [3.8, 4) is 0 Å². The highest BCUT2D eigenvalue weighted by atomic mass is 32.2. The summed E-state index contributed by atoms with van der Waals surface area (Å²) in [6, 6.07) is 6.37. The Bertz CT molecular complexity index is 516. The lowest BCUT2D eigenvalue weighted by atomic mass is 10.1. The smallest absolute Gasteiger partial charge is 0.232 e. The lowest BCUT2D eigenvalue weighted by molar-refractivity contribution is 0.593. The zero-order valence-corrected chi connectivity index (χ0v) is 12.4. The third-order valence-corrected chi connectivity index (χ3v) is 4.47. The largest absolute Gasteiger partial charge is 0.314 e. The average Bonchev–Trinajstić information content (AvgIpc) is 3.06. The Morgan fingerprint density at radius 1 is 1.16 bits per heavy atom. The molecule has 0 unspecified atom stereocenters. The van der Waals surface area contributed by atoms with Crippen LogP contribution >= 0.6 is 0 Å². The second-order valence-corrected chi connectivity index (χ2v) is 7.22.